The van der Waals surface area contributed by atoms with Gasteiger partial charge in [-0.1, -0.05) is 13.0 Å². The normalized spacial score (nSPS) is 23.7. The van der Waals surface area contributed by atoms with Crippen molar-refractivity contribution in [2.75, 3.05) is 13.7 Å². The Morgan fingerprint density at radius 1 is 1.53 bits per heavy atom. The second kappa shape index (κ2) is 4.84. The average molecular weight is 238 g/mol. The Hall–Kier alpha value is -1.42. The standard InChI is InChI=1S/C13H15FO3/c1-8-6-7-17-13(8)12(15)9-4-3-5-10(16-2)11(9)14/h3-5,8,13H,6-7H2,1-2H3. The van der Waals surface area contributed by atoms with E-state index >= 15 is 0 Å². The maximum Gasteiger partial charge on any atom is 0.194 e. The molecule has 1 saturated heterocycles. The minimum absolute atomic E-state index is 0.0445. The highest BCUT2D eigenvalue weighted by Gasteiger charge is 2.33. The van der Waals surface area contributed by atoms with Crippen molar-refractivity contribution in [3.8, 4) is 5.75 Å². The number of ketones is 1. The number of rotatable bonds is 3. The van der Waals surface area contributed by atoms with Crippen molar-refractivity contribution >= 4 is 5.78 Å². The Morgan fingerprint density at radius 2 is 2.29 bits per heavy atom. The highest BCUT2D eigenvalue weighted by Crippen LogP contribution is 2.27. The zero-order valence-electron chi connectivity index (χ0n) is 9.90. The molecule has 2 atom stereocenters. The zero-order chi connectivity index (χ0) is 12.4. The van der Waals surface area contributed by atoms with Gasteiger partial charge in [-0.2, -0.15) is 0 Å². The zero-order valence-corrected chi connectivity index (χ0v) is 9.90. The van der Waals surface area contributed by atoms with E-state index in [2.05, 4.69) is 0 Å². The van der Waals surface area contributed by atoms with E-state index in [4.69, 9.17) is 9.47 Å². The monoisotopic (exact) mass is 238 g/mol. The van der Waals surface area contributed by atoms with Crippen LogP contribution in [0.25, 0.3) is 0 Å². The number of carbonyl (C=O) groups is 1. The van der Waals surface area contributed by atoms with Crippen LogP contribution in [-0.4, -0.2) is 25.6 Å². The summed E-state index contributed by atoms with van der Waals surface area (Å²) < 4.78 is 24.1. The lowest BCUT2D eigenvalue weighted by Gasteiger charge is -2.14. The minimum Gasteiger partial charge on any atom is -0.494 e. The van der Waals surface area contributed by atoms with E-state index in [-0.39, 0.29) is 23.0 Å². The molecule has 0 saturated carbocycles. The van der Waals surface area contributed by atoms with Gasteiger partial charge in [0.15, 0.2) is 17.3 Å². The van der Waals surface area contributed by atoms with Crippen LogP contribution in [0, 0.1) is 11.7 Å². The van der Waals surface area contributed by atoms with Crippen molar-refractivity contribution in [2.24, 2.45) is 5.92 Å². The maximum absolute atomic E-state index is 13.9. The molecule has 17 heavy (non-hydrogen) atoms. The number of methoxy groups -OCH3 is 1. The molecule has 0 aromatic heterocycles. The molecule has 0 bridgehead atoms. The van der Waals surface area contributed by atoms with Crippen molar-refractivity contribution < 1.29 is 18.7 Å². The lowest BCUT2D eigenvalue weighted by Crippen LogP contribution is -2.26. The van der Waals surface area contributed by atoms with Gasteiger partial charge in [-0.3, -0.25) is 4.79 Å². The summed E-state index contributed by atoms with van der Waals surface area (Å²) in [5.41, 5.74) is 0.0445. The van der Waals surface area contributed by atoms with Crippen LogP contribution >= 0.6 is 0 Å². The summed E-state index contributed by atoms with van der Waals surface area (Å²) in [5, 5.41) is 0. The molecule has 0 aliphatic carbocycles. The van der Waals surface area contributed by atoms with Crippen molar-refractivity contribution in [1.82, 2.24) is 0 Å². The molecule has 1 aliphatic rings. The summed E-state index contributed by atoms with van der Waals surface area (Å²) in [7, 11) is 1.38. The van der Waals surface area contributed by atoms with Crippen molar-refractivity contribution in [3.05, 3.63) is 29.6 Å². The summed E-state index contributed by atoms with van der Waals surface area (Å²) in [6.07, 6.45) is 0.304. The van der Waals surface area contributed by atoms with Gasteiger partial charge in [0.1, 0.15) is 6.10 Å². The molecule has 1 heterocycles. The maximum atomic E-state index is 13.9. The van der Waals surface area contributed by atoms with Crippen LogP contribution < -0.4 is 4.74 Å². The summed E-state index contributed by atoms with van der Waals surface area (Å²) >= 11 is 0. The number of hydrogen-bond donors (Lipinski definition) is 0. The molecule has 0 radical (unpaired) electrons. The Balaban J connectivity index is 2.30. The topological polar surface area (TPSA) is 35.5 Å². The quantitative estimate of drug-likeness (QED) is 0.759. The van der Waals surface area contributed by atoms with Crippen LogP contribution in [0.4, 0.5) is 4.39 Å². The summed E-state index contributed by atoms with van der Waals surface area (Å²) in [4.78, 5) is 12.1. The molecule has 2 unspecified atom stereocenters. The van der Waals surface area contributed by atoms with Crippen molar-refractivity contribution in [3.63, 3.8) is 0 Å². The fraction of sp³-hybridized carbons (Fsp3) is 0.462. The molecule has 92 valence electrons. The largest absolute Gasteiger partial charge is 0.494 e. The van der Waals surface area contributed by atoms with Gasteiger partial charge in [-0.05, 0) is 24.5 Å². The summed E-state index contributed by atoms with van der Waals surface area (Å²) in [6.45, 7) is 2.50. The van der Waals surface area contributed by atoms with Gasteiger partial charge in [-0.25, -0.2) is 4.39 Å². The third-order valence-electron chi connectivity index (χ3n) is 3.09. The molecular weight excluding hydrogens is 223 g/mol. The first-order valence-corrected chi connectivity index (χ1v) is 5.63. The molecule has 1 fully saturated rings. The van der Waals surface area contributed by atoms with Gasteiger partial charge in [0.05, 0.1) is 12.7 Å². The lowest BCUT2D eigenvalue weighted by molar-refractivity contribution is 0.0574. The molecule has 1 aromatic carbocycles. The first-order valence-electron chi connectivity index (χ1n) is 5.63. The minimum atomic E-state index is -0.609. The Labute approximate surface area is 99.5 Å². The van der Waals surface area contributed by atoms with E-state index in [1.807, 2.05) is 6.92 Å². The molecule has 0 spiro atoms. The highest BCUT2D eigenvalue weighted by atomic mass is 19.1. The smallest absolute Gasteiger partial charge is 0.194 e. The predicted molar refractivity (Wildman–Crippen MR) is 60.8 cm³/mol. The van der Waals surface area contributed by atoms with Crippen LogP contribution in [0.3, 0.4) is 0 Å². The van der Waals surface area contributed by atoms with Crippen LogP contribution in [0.5, 0.6) is 5.75 Å². The first-order chi connectivity index (χ1) is 8.15. The first kappa shape index (κ1) is 12.0. The lowest BCUT2D eigenvalue weighted by atomic mass is 9.96. The van der Waals surface area contributed by atoms with E-state index < -0.39 is 11.9 Å². The summed E-state index contributed by atoms with van der Waals surface area (Å²) in [6, 6.07) is 4.56. The number of ether oxygens (including phenoxy) is 2. The summed E-state index contributed by atoms with van der Waals surface area (Å²) in [5.74, 6) is -0.691. The highest BCUT2D eigenvalue weighted by molar-refractivity contribution is 6.00. The predicted octanol–water partition coefficient (Wildman–Crippen LogP) is 2.44. The van der Waals surface area contributed by atoms with E-state index in [1.165, 1.54) is 19.2 Å². The van der Waals surface area contributed by atoms with Gasteiger partial charge in [-0.15, -0.1) is 0 Å². The van der Waals surface area contributed by atoms with E-state index in [9.17, 15) is 9.18 Å². The number of hydrogen-bond acceptors (Lipinski definition) is 3. The van der Waals surface area contributed by atoms with Crippen molar-refractivity contribution in [2.45, 2.75) is 19.4 Å². The number of benzene rings is 1. The van der Waals surface area contributed by atoms with Crippen molar-refractivity contribution in [1.29, 1.82) is 0 Å². The second-order valence-electron chi connectivity index (χ2n) is 4.24. The van der Waals surface area contributed by atoms with Crippen LogP contribution in [0.1, 0.15) is 23.7 Å². The van der Waals surface area contributed by atoms with E-state index in [0.29, 0.717) is 6.61 Å². The Morgan fingerprint density at radius 3 is 2.88 bits per heavy atom. The van der Waals surface area contributed by atoms with Crippen LogP contribution in [-0.2, 0) is 4.74 Å². The Kier molecular flexibility index (Phi) is 3.43. The second-order valence-corrected chi connectivity index (χ2v) is 4.24. The third-order valence-corrected chi connectivity index (χ3v) is 3.09. The number of Topliss-reactive ketones (excluding diaryl/α,β-unsaturated/α-hetero) is 1. The molecule has 1 aromatic rings. The van der Waals surface area contributed by atoms with Gasteiger partial charge < -0.3 is 9.47 Å². The van der Waals surface area contributed by atoms with Crippen LogP contribution in [0.15, 0.2) is 18.2 Å². The van der Waals surface area contributed by atoms with Gasteiger partial charge in [0, 0.05) is 6.61 Å². The fourth-order valence-electron chi connectivity index (χ4n) is 2.04. The fourth-order valence-corrected chi connectivity index (χ4v) is 2.04. The molecule has 4 heteroatoms. The molecule has 0 N–H and O–H groups in total. The van der Waals surface area contributed by atoms with Gasteiger partial charge in [0.25, 0.3) is 0 Å². The Bertz CT molecular complexity index is 431. The molecule has 1 aliphatic heterocycles. The molecule has 3 nitrogen and oxygen atoms in total. The number of carbonyl (C=O) groups excluding carboxylic acids is 1. The molecule has 0 amide bonds. The SMILES string of the molecule is COc1cccc(C(=O)C2OCCC2C)c1F. The van der Waals surface area contributed by atoms with Gasteiger partial charge >= 0.3 is 0 Å². The van der Waals surface area contributed by atoms with Gasteiger partial charge in [0.2, 0.25) is 0 Å². The third kappa shape index (κ3) is 2.17. The van der Waals surface area contributed by atoms with E-state index in [1.54, 1.807) is 6.07 Å². The average Bonchev–Trinajstić information content (AvgIpc) is 2.75. The number of halogens is 1. The van der Waals surface area contributed by atoms with E-state index in [0.717, 1.165) is 6.42 Å². The molecule has 2 rings (SSSR count). The molecular formula is C13H15FO3. The van der Waals surface area contributed by atoms with Crippen LogP contribution in [0.2, 0.25) is 0 Å².